The van der Waals surface area contributed by atoms with Crippen LogP contribution in [0.25, 0.3) is 0 Å². The maximum absolute atomic E-state index is 13.2. The number of anilines is 1. The summed E-state index contributed by atoms with van der Waals surface area (Å²) in [4.78, 5) is 27.6. The van der Waals surface area contributed by atoms with Gasteiger partial charge in [-0.25, -0.2) is 0 Å². The van der Waals surface area contributed by atoms with Crippen LogP contribution >= 0.6 is 0 Å². The smallest absolute Gasteiger partial charge is 0.255 e. The molecule has 3 aromatic rings. The lowest BCUT2D eigenvalue weighted by Gasteiger charge is -2.20. The Morgan fingerprint density at radius 2 is 1.90 bits per heavy atom. The van der Waals surface area contributed by atoms with Gasteiger partial charge >= 0.3 is 0 Å². The van der Waals surface area contributed by atoms with Gasteiger partial charge in [-0.15, -0.1) is 0 Å². The normalized spacial score (nSPS) is 20.2. The van der Waals surface area contributed by atoms with E-state index in [0.717, 1.165) is 24.2 Å². The summed E-state index contributed by atoms with van der Waals surface area (Å²) in [6.45, 7) is 0.850. The van der Waals surface area contributed by atoms with Crippen molar-refractivity contribution in [2.75, 3.05) is 18.6 Å². The first-order chi connectivity index (χ1) is 14.6. The van der Waals surface area contributed by atoms with Gasteiger partial charge in [-0.3, -0.25) is 14.3 Å². The van der Waals surface area contributed by atoms with Crippen molar-refractivity contribution in [3.63, 3.8) is 0 Å². The van der Waals surface area contributed by atoms with Gasteiger partial charge in [0.1, 0.15) is 18.4 Å². The number of nitrogens with zero attached hydrogens (tertiary/aromatic N) is 3. The van der Waals surface area contributed by atoms with Gasteiger partial charge in [-0.05, 0) is 24.1 Å². The number of likely N-dealkylation sites (N-methyl/N-ethyl adjacent to an activating group) is 1. The van der Waals surface area contributed by atoms with Gasteiger partial charge < -0.3 is 15.0 Å². The number of rotatable bonds is 3. The summed E-state index contributed by atoms with van der Waals surface area (Å²) in [6, 6.07) is 16.7. The summed E-state index contributed by atoms with van der Waals surface area (Å²) in [5.74, 6) is 0.222. The van der Waals surface area contributed by atoms with E-state index in [2.05, 4.69) is 22.5 Å². The van der Waals surface area contributed by atoms with Crippen molar-refractivity contribution in [3.8, 4) is 5.75 Å². The van der Waals surface area contributed by atoms with E-state index < -0.39 is 6.04 Å². The van der Waals surface area contributed by atoms with Crippen molar-refractivity contribution in [1.29, 1.82) is 0 Å². The first kappa shape index (κ1) is 18.4. The highest BCUT2D eigenvalue weighted by Gasteiger charge is 2.34. The number of carbonyl (C=O) groups is 2. The van der Waals surface area contributed by atoms with Crippen LogP contribution < -0.4 is 15.0 Å². The summed E-state index contributed by atoms with van der Waals surface area (Å²) >= 11 is 0. The zero-order chi connectivity index (χ0) is 20.7. The Hall–Kier alpha value is -3.61. The molecular weight excluding hydrogens is 380 g/mol. The second kappa shape index (κ2) is 7.33. The molecule has 2 aliphatic rings. The van der Waals surface area contributed by atoms with Gasteiger partial charge in [-0.1, -0.05) is 42.5 Å². The van der Waals surface area contributed by atoms with E-state index in [4.69, 9.17) is 4.74 Å². The number of hydrogen-bond donors (Lipinski definition) is 1. The lowest BCUT2D eigenvalue weighted by Crippen LogP contribution is -2.49. The molecule has 0 saturated heterocycles. The van der Waals surface area contributed by atoms with Crippen LogP contribution in [-0.2, 0) is 11.3 Å². The third-order valence-electron chi connectivity index (χ3n) is 5.85. The second-order valence-electron chi connectivity index (χ2n) is 7.62. The molecule has 2 aliphatic heterocycles. The first-order valence-corrected chi connectivity index (χ1v) is 10.0. The number of aromatic nitrogens is 2. The Bertz CT molecular complexity index is 1110. The molecule has 7 heteroatoms. The molecule has 2 atom stereocenters. The molecule has 5 rings (SSSR count). The molecule has 0 saturated carbocycles. The summed E-state index contributed by atoms with van der Waals surface area (Å²) in [5, 5.41) is 7.27. The second-order valence-corrected chi connectivity index (χ2v) is 7.62. The number of para-hydroxylation sites is 2. The van der Waals surface area contributed by atoms with E-state index in [9.17, 15) is 9.59 Å². The molecule has 7 nitrogen and oxygen atoms in total. The highest BCUT2D eigenvalue weighted by Crippen LogP contribution is 2.36. The van der Waals surface area contributed by atoms with Crippen LogP contribution in [-0.4, -0.2) is 41.3 Å². The summed E-state index contributed by atoms with van der Waals surface area (Å²) < 4.78 is 7.69. The largest absolute Gasteiger partial charge is 0.489 e. The molecular formula is C23H22N4O3. The molecule has 30 heavy (non-hydrogen) atoms. The number of nitrogens with one attached hydrogen (secondary N) is 1. The molecule has 2 unspecified atom stereocenters. The number of carbonyl (C=O) groups excluding carboxylic acids is 2. The lowest BCUT2D eigenvalue weighted by atomic mass is 9.92. The van der Waals surface area contributed by atoms with Crippen LogP contribution in [0.2, 0.25) is 0 Å². The minimum atomic E-state index is -0.776. The van der Waals surface area contributed by atoms with Gasteiger partial charge in [-0.2, -0.15) is 5.10 Å². The lowest BCUT2D eigenvalue weighted by molar-refractivity contribution is -0.120. The fraction of sp³-hybridized carbons (Fsp3) is 0.261. The molecule has 1 N–H and O–H groups in total. The van der Waals surface area contributed by atoms with Crippen molar-refractivity contribution < 1.29 is 14.3 Å². The number of amides is 2. The van der Waals surface area contributed by atoms with Gasteiger partial charge in [0.05, 0.1) is 23.1 Å². The number of aryl methyl sites for hydroxylation is 1. The highest BCUT2D eigenvalue weighted by molar-refractivity contribution is 6.03. The van der Waals surface area contributed by atoms with Crippen molar-refractivity contribution in [1.82, 2.24) is 15.1 Å². The van der Waals surface area contributed by atoms with Crippen molar-refractivity contribution in [2.24, 2.45) is 0 Å². The van der Waals surface area contributed by atoms with Crippen molar-refractivity contribution in [2.45, 2.75) is 24.9 Å². The fourth-order valence-corrected chi connectivity index (χ4v) is 4.31. The van der Waals surface area contributed by atoms with Crippen LogP contribution in [0.5, 0.6) is 5.75 Å². The zero-order valence-corrected chi connectivity index (χ0v) is 16.6. The summed E-state index contributed by atoms with van der Waals surface area (Å²) in [5.41, 5.74) is 3.26. The predicted octanol–water partition coefficient (Wildman–Crippen LogP) is 2.57. The van der Waals surface area contributed by atoms with E-state index in [-0.39, 0.29) is 24.3 Å². The molecule has 0 aliphatic carbocycles. The number of fused-ring (bicyclic) bond motifs is 2. The van der Waals surface area contributed by atoms with Crippen LogP contribution in [0.15, 0.2) is 60.8 Å². The molecule has 1 aromatic heterocycles. The minimum absolute atomic E-state index is 0.0809. The van der Waals surface area contributed by atoms with E-state index in [1.54, 1.807) is 13.2 Å². The standard InChI is InChI=1S/C23H22N4O3/c1-26-19-9-5-6-10-20(19)30-14-18(23(26)29)25-22(28)17-13-24-27-12-11-16(21(17)27)15-7-3-2-4-8-15/h2-10,13,16,18H,11-12,14H2,1H3,(H,25,28). The van der Waals surface area contributed by atoms with E-state index in [1.165, 1.54) is 4.90 Å². The van der Waals surface area contributed by atoms with Crippen LogP contribution in [0.4, 0.5) is 5.69 Å². The Balaban J connectivity index is 1.39. The summed E-state index contributed by atoms with van der Waals surface area (Å²) in [6.07, 6.45) is 2.50. The maximum Gasteiger partial charge on any atom is 0.255 e. The zero-order valence-electron chi connectivity index (χ0n) is 16.6. The van der Waals surface area contributed by atoms with Crippen LogP contribution in [0, 0.1) is 0 Å². The van der Waals surface area contributed by atoms with Gasteiger partial charge in [0.15, 0.2) is 0 Å². The van der Waals surface area contributed by atoms with Crippen LogP contribution in [0.1, 0.15) is 34.0 Å². The number of hydrogen-bond acceptors (Lipinski definition) is 4. The third kappa shape index (κ3) is 3.03. The highest BCUT2D eigenvalue weighted by atomic mass is 16.5. The predicted molar refractivity (Wildman–Crippen MR) is 112 cm³/mol. The fourth-order valence-electron chi connectivity index (χ4n) is 4.31. The SMILES string of the molecule is CN1C(=O)C(NC(=O)c2cnn3c2C(c2ccccc2)CC3)COc2ccccc21. The molecule has 3 heterocycles. The molecule has 0 fully saturated rings. The number of ether oxygens (including phenoxy) is 1. The molecule has 152 valence electrons. The topological polar surface area (TPSA) is 76.5 Å². The monoisotopic (exact) mass is 402 g/mol. The van der Waals surface area contributed by atoms with E-state index >= 15 is 0 Å². The van der Waals surface area contributed by atoms with Crippen LogP contribution in [0.3, 0.4) is 0 Å². The van der Waals surface area contributed by atoms with Gasteiger partial charge in [0.25, 0.3) is 11.8 Å². The third-order valence-corrected chi connectivity index (χ3v) is 5.85. The Labute approximate surface area is 174 Å². The quantitative estimate of drug-likeness (QED) is 0.731. The Morgan fingerprint density at radius 1 is 1.13 bits per heavy atom. The van der Waals surface area contributed by atoms with Crippen molar-refractivity contribution in [3.05, 3.63) is 77.6 Å². The van der Waals surface area contributed by atoms with Crippen molar-refractivity contribution >= 4 is 17.5 Å². The van der Waals surface area contributed by atoms with E-state index in [0.29, 0.717) is 17.0 Å². The first-order valence-electron chi connectivity index (χ1n) is 10.0. The maximum atomic E-state index is 13.2. The Kier molecular flexibility index (Phi) is 4.50. The average Bonchev–Trinajstić information content (AvgIpc) is 3.36. The van der Waals surface area contributed by atoms with E-state index in [1.807, 2.05) is 47.1 Å². The minimum Gasteiger partial charge on any atom is -0.489 e. The molecule has 0 radical (unpaired) electrons. The summed E-state index contributed by atoms with van der Waals surface area (Å²) in [7, 11) is 1.69. The Morgan fingerprint density at radius 3 is 2.73 bits per heavy atom. The number of benzene rings is 2. The van der Waals surface area contributed by atoms with Gasteiger partial charge in [0.2, 0.25) is 0 Å². The molecule has 0 bridgehead atoms. The molecule has 2 amide bonds. The average molecular weight is 402 g/mol. The van der Waals surface area contributed by atoms with Gasteiger partial charge in [0, 0.05) is 19.5 Å². The molecule has 0 spiro atoms. The molecule has 2 aromatic carbocycles.